The smallest absolute Gasteiger partial charge is 0.303 e. The van der Waals surface area contributed by atoms with Crippen molar-refractivity contribution in [2.24, 2.45) is 56.4 Å². The third-order valence-corrected chi connectivity index (χ3v) is 16.1. The second-order valence-corrected chi connectivity index (χ2v) is 24.7. The van der Waals surface area contributed by atoms with Crippen LogP contribution in [0.25, 0.3) is 0 Å². The molecule has 98 heavy (non-hydrogen) atoms. The molecule has 0 bridgehead atoms. The molecule has 7 N–H and O–H groups in total. The summed E-state index contributed by atoms with van der Waals surface area (Å²) in [6.45, 7) is 2.11. The molecular weight excluding hydrogens is 1260 g/mol. The lowest BCUT2D eigenvalue weighted by Crippen LogP contribution is -2.44. The van der Waals surface area contributed by atoms with E-state index in [0.29, 0.717) is 46.1 Å². The number of hydrogen-bond donors (Lipinski definition) is 7. The Morgan fingerprint density at radius 2 is 0.918 bits per heavy atom. The zero-order valence-electron chi connectivity index (χ0n) is 56.7. The molecule has 8 aromatic heterocycles. The van der Waals surface area contributed by atoms with Gasteiger partial charge in [-0.15, -0.1) is 0 Å². The van der Waals surface area contributed by atoms with E-state index < -0.39 is 53.1 Å². The van der Waals surface area contributed by atoms with Crippen LogP contribution in [0.15, 0.2) is 79.9 Å². The highest BCUT2D eigenvalue weighted by molar-refractivity contribution is 6.08. The standard InChI is InChI=1S/C67H82N18O13/c1-39(86)69-42-26-52(81(7)33-42)66(97)76-58-38-85(11)63(75-58)67(98)73-44-28-51(82(8)35-44)65(96)72-43-27-50(80(6)34-43)64(95)68-20-19-47(74-59(92)17-12-13-18-60(93)94)54(88)29-45-36-84(10)62(71-45)57(91)25-41-23-48(78(4)32-41)55(89)24-40-22-49(79(5)31-40)56(90)30-46-37-83(9)61(70-46)53(87)16-14-15-21-77(2)3/h22-23,26-28,31-38,47H,12-21,24-25,29-30H2,1-11H3,(H,68,95)(H,69,86)(H,72,96)(H,73,98)(H,74,92)(H,76,97)(H,93,94)/t47-/m1/s1. The molecule has 1 atom stereocenters. The number of aromatic nitrogens is 11. The number of unbranched alkanes of at least 4 members (excludes halogenated alkanes) is 2. The molecule has 8 aromatic rings. The second-order valence-electron chi connectivity index (χ2n) is 24.7. The van der Waals surface area contributed by atoms with Gasteiger partial charge in [0.15, 0.2) is 40.6 Å². The second kappa shape index (κ2) is 31.9. The lowest BCUT2D eigenvalue weighted by molar-refractivity contribution is -0.137. The number of carboxylic acids is 1. The van der Waals surface area contributed by atoms with Gasteiger partial charge >= 0.3 is 5.97 Å². The third-order valence-electron chi connectivity index (χ3n) is 16.1. The maximum Gasteiger partial charge on any atom is 0.303 e. The van der Waals surface area contributed by atoms with Crippen LogP contribution in [0.2, 0.25) is 0 Å². The molecule has 8 rings (SSSR count). The Morgan fingerprint density at radius 1 is 0.449 bits per heavy atom. The fourth-order valence-electron chi connectivity index (χ4n) is 11.3. The van der Waals surface area contributed by atoms with Gasteiger partial charge in [0.2, 0.25) is 23.4 Å². The van der Waals surface area contributed by atoms with Crippen LogP contribution in [0.5, 0.6) is 0 Å². The summed E-state index contributed by atoms with van der Waals surface area (Å²) in [6.07, 6.45) is 14.2. The Morgan fingerprint density at radius 3 is 1.48 bits per heavy atom. The minimum absolute atomic E-state index is 0.0317. The molecule has 518 valence electrons. The van der Waals surface area contributed by atoms with Gasteiger partial charge in [-0.25, -0.2) is 15.0 Å². The molecule has 0 unspecified atom stereocenters. The molecule has 31 heteroatoms. The van der Waals surface area contributed by atoms with E-state index in [1.54, 1.807) is 107 Å². The largest absolute Gasteiger partial charge is 0.481 e. The molecule has 0 aliphatic rings. The molecule has 0 spiro atoms. The van der Waals surface area contributed by atoms with Crippen molar-refractivity contribution < 1.29 is 62.6 Å². The summed E-state index contributed by atoms with van der Waals surface area (Å²) < 4.78 is 12.3. The fourth-order valence-corrected chi connectivity index (χ4v) is 11.3. The van der Waals surface area contributed by atoms with Gasteiger partial charge in [-0.2, -0.15) is 0 Å². The van der Waals surface area contributed by atoms with Gasteiger partial charge < -0.3 is 78.4 Å². The number of nitrogens with one attached hydrogen (secondary N) is 6. The lowest BCUT2D eigenvalue weighted by atomic mass is 10.0. The minimum atomic E-state index is -1.15. The Bertz CT molecular complexity index is 4400. The number of Topliss-reactive ketones (excluding diaryl/α,β-unsaturated/α-hetero) is 5. The molecule has 31 nitrogen and oxygen atoms in total. The molecule has 0 fully saturated rings. The number of carboxylic acid groups (broad SMARTS) is 1. The molecule has 0 aromatic carbocycles. The molecular formula is C67H82N18O13. The van der Waals surface area contributed by atoms with Gasteiger partial charge in [-0.3, -0.25) is 57.5 Å². The van der Waals surface area contributed by atoms with E-state index in [1.165, 1.54) is 72.7 Å². The Hall–Kier alpha value is -11.4. The predicted molar refractivity (Wildman–Crippen MR) is 359 cm³/mol. The summed E-state index contributed by atoms with van der Waals surface area (Å²) in [5, 5.41) is 25.3. The number of carbonyl (C=O) groups is 12. The van der Waals surface area contributed by atoms with Crippen LogP contribution in [0, 0.1) is 0 Å². The highest BCUT2D eigenvalue weighted by atomic mass is 16.4. The first kappa shape index (κ1) is 72.5. The highest BCUT2D eigenvalue weighted by Crippen LogP contribution is 2.23. The van der Waals surface area contributed by atoms with Gasteiger partial charge in [0, 0.05) is 152 Å². The number of carbonyl (C=O) groups excluding carboxylic acids is 11. The van der Waals surface area contributed by atoms with E-state index in [0.717, 1.165) is 19.4 Å². The Balaban J connectivity index is 0.836. The first-order chi connectivity index (χ1) is 46.4. The topological polar surface area (TPSA) is 379 Å². The molecule has 6 amide bonds. The van der Waals surface area contributed by atoms with Gasteiger partial charge in [-0.1, -0.05) is 0 Å². The number of ketones is 5. The highest BCUT2D eigenvalue weighted by Gasteiger charge is 2.27. The van der Waals surface area contributed by atoms with Crippen molar-refractivity contribution in [3.63, 3.8) is 0 Å². The van der Waals surface area contributed by atoms with Gasteiger partial charge in [0.25, 0.3) is 23.6 Å². The number of hydrogen-bond acceptors (Lipinski definition) is 16. The zero-order valence-corrected chi connectivity index (χ0v) is 56.7. The molecule has 0 saturated carbocycles. The summed E-state index contributed by atoms with van der Waals surface area (Å²) in [6, 6.07) is 6.49. The van der Waals surface area contributed by atoms with Gasteiger partial charge in [0.05, 0.1) is 58.7 Å². The molecule has 0 saturated heterocycles. The van der Waals surface area contributed by atoms with E-state index in [4.69, 9.17) is 5.11 Å². The van der Waals surface area contributed by atoms with Crippen molar-refractivity contribution in [1.29, 1.82) is 0 Å². The van der Waals surface area contributed by atoms with Crippen molar-refractivity contribution in [1.82, 2.24) is 67.0 Å². The van der Waals surface area contributed by atoms with Crippen molar-refractivity contribution in [3.8, 4) is 0 Å². The van der Waals surface area contributed by atoms with E-state index in [1.807, 2.05) is 14.1 Å². The maximum atomic E-state index is 14.1. The van der Waals surface area contributed by atoms with Crippen LogP contribution >= 0.6 is 0 Å². The Kier molecular flexibility index (Phi) is 23.6. The summed E-state index contributed by atoms with van der Waals surface area (Å²) >= 11 is 0. The van der Waals surface area contributed by atoms with Crippen molar-refractivity contribution in [2.45, 2.75) is 90.0 Å². The first-order valence-electron chi connectivity index (χ1n) is 31.6. The monoisotopic (exact) mass is 1350 g/mol. The average Bonchev–Trinajstić information content (AvgIpc) is 1.69. The van der Waals surface area contributed by atoms with Crippen molar-refractivity contribution in [2.75, 3.05) is 48.5 Å². The van der Waals surface area contributed by atoms with Gasteiger partial charge in [0.1, 0.15) is 17.1 Å². The first-order valence-corrected chi connectivity index (χ1v) is 31.6. The average molecular weight is 1350 g/mol. The summed E-state index contributed by atoms with van der Waals surface area (Å²) in [5.41, 5.74) is 3.90. The SMILES string of the molecule is CC(=O)Nc1cc(C(=O)Nc2cn(C)c(C(=O)Nc3cc(C(=O)Nc4cc(C(=O)NCC[C@@H](NC(=O)CCCCC(=O)O)C(=O)Cc5cn(C)c(C(=O)Cc6cc(C(=O)Cc7cc(C(=O)Cc8cn(C)c(C(=O)CCCCN(C)C)n8)n(C)c7)n(C)c6)n5)n(C)c4)n(C)c3)n2)n(C)c1. The number of anilines is 4. The van der Waals surface area contributed by atoms with E-state index in [-0.39, 0.29) is 139 Å². The maximum absolute atomic E-state index is 14.1. The number of aryl methyl sites for hydroxylation is 8. The van der Waals surface area contributed by atoms with Crippen molar-refractivity contribution in [3.05, 3.63) is 148 Å². The number of aliphatic carboxylic acids is 1. The number of nitrogens with zero attached hydrogens (tertiary/aromatic N) is 12. The summed E-state index contributed by atoms with van der Waals surface area (Å²) in [4.78, 5) is 173. The molecule has 8 heterocycles. The number of amides is 6. The third kappa shape index (κ3) is 19.0. The Labute approximate surface area is 564 Å². The quantitative estimate of drug-likeness (QED) is 0.0212. The van der Waals surface area contributed by atoms with Crippen LogP contribution in [-0.2, 0) is 101 Å². The number of imidazole rings is 3. The molecule has 0 radical (unpaired) electrons. The van der Waals surface area contributed by atoms with Crippen LogP contribution in [-0.4, -0.2) is 165 Å². The van der Waals surface area contributed by atoms with Crippen LogP contribution in [0.4, 0.5) is 22.9 Å². The summed E-state index contributed by atoms with van der Waals surface area (Å²) in [7, 11) is 17.0. The molecule has 0 aliphatic heterocycles. The van der Waals surface area contributed by atoms with E-state index >= 15 is 0 Å². The molecule has 0 aliphatic carbocycles. The fraction of sp³-hybridized carbons (Fsp3) is 0.388. The minimum Gasteiger partial charge on any atom is -0.481 e. The van der Waals surface area contributed by atoms with E-state index in [9.17, 15) is 57.5 Å². The normalized spacial score (nSPS) is 11.6. The van der Waals surface area contributed by atoms with Crippen LogP contribution in [0.1, 0.15) is 165 Å². The van der Waals surface area contributed by atoms with Crippen molar-refractivity contribution >= 4 is 93.2 Å². The van der Waals surface area contributed by atoms with E-state index in [2.05, 4.69) is 51.8 Å². The summed E-state index contributed by atoms with van der Waals surface area (Å²) in [5.74, 6) is -5.31. The van der Waals surface area contributed by atoms with Crippen LogP contribution in [0.3, 0.4) is 0 Å². The van der Waals surface area contributed by atoms with Gasteiger partial charge in [-0.05, 0) is 94.2 Å². The predicted octanol–water partition coefficient (Wildman–Crippen LogP) is 4.55. The number of rotatable bonds is 35. The zero-order chi connectivity index (χ0) is 71.4. The lowest BCUT2D eigenvalue weighted by Gasteiger charge is -2.18. The van der Waals surface area contributed by atoms with Crippen LogP contribution < -0.4 is 31.9 Å².